The van der Waals surface area contributed by atoms with E-state index in [1.165, 1.54) is 6.07 Å². The molecule has 0 bridgehead atoms. The smallest absolute Gasteiger partial charge is 0.377 e. The van der Waals surface area contributed by atoms with Gasteiger partial charge in [0.15, 0.2) is 0 Å². The topological polar surface area (TPSA) is 54.5 Å². The van der Waals surface area contributed by atoms with Crippen molar-refractivity contribution >= 4 is 6.03 Å². The molecule has 5 nitrogen and oxygen atoms in total. The second-order valence-corrected chi connectivity index (χ2v) is 5.19. The van der Waals surface area contributed by atoms with Crippen molar-refractivity contribution in [3.63, 3.8) is 0 Å². The molecule has 2 rings (SSSR count). The first-order valence-corrected chi connectivity index (χ1v) is 7.03. The molecule has 1 saturated heterocycles. The molecule has 0 spiro atoms. The van der Waals surface area contributed by atoms with Crippen molar-refractivity contribution in [3.8, 4) is 0 Å². The molecule has 1 aromatic heterocycles. The molecule has 2 heterocycles. The predicted octanol–water partition coefficient (Wildman–Crippen LogP) is 2.42. The Labute approximate surface area is 126 Å². The first kappa shape index (κ1) is 16.5. The lowest BCUT2D eigenvalue weighted by Crippen LogP contribution is -2.42. The normalized spacial score (nSPS) is 19.6. The van der Waals surface area contributed by atoms with Gasteiger partial charge in [0.1, 0.15) is 5.69 Å². The SMILES string of the molecule is CC1CN(C(=O)NCc2ccnc(C(F)(F)F)c2)CCCO1. The highest BCUT2D eigenvalue weighted by atomic mass is 19.4. The van der Waals surface area contributed by atoms with Crippen LogP contribution in [0.25, 0.3) is 0 Å². The van der Waals surface area contributed by atoms with Crippen LogP contribution in [0.1, 0.15) is 24.6 Å². The van der Waals surface area contributed by atoms with Crippen LogP contribution in [0.3, 0.4) is 0 Å². The van der Waals surface area contributed by atoms with Gasteiger partial charge in [-0.05, 0) is 31.0 Å². The third-order valence-corrected chi connectivity index (χ3v) is 3.30. The third kappa shape index (κ3) is 4.59. The van der Waals surface area contributed by atoms with Crippen LogP contribution in [0.15, 0.2) is 18.3 Å². The van der Waals surface area contributed by atoms with Crippen molar-refractivity contribution in [2.75, 3.05) is 19.7 Å². The minimum absolute atomic E-state index is 0.0240. The molecule has 1 unspecified atom stereocenters. The third-order valence-electron chi connectivity index (χ3n) is 3.30. The standard InChI is InChI=1S/C14H18F3N3O2/c1-10-9-20(5-2-6-22-10)13(21)19-8-11-3-4-18-12(7-11)14(15,16)17/h3-4,7,10H,2,5-6,8-9H2,1H3,(H,19,21). The van der Waals surface area contributed by atoms with Gasteiger partial charge in [0, 0.05) is 32.4 Å². The number of rotatable bonds is 2. The number of halogens is 3. The van der Waals surface area contributed by atoms with E-state index in [-0.39, 0.29) is 18.7 Å². The maximum absolute atomic E-state index is 12.6. The van der Waals surface area contributed by atoms with Crippen LogP contribution >= 0.6 is 0 Å². The zero-order valence-electron chi connectivity index (χ0n) is 12.2. The summed E-state index contributed by atoms with van der Waals surface area (Å²) in [6, 6.07) is 2.08. The van der Waals surface area contributed by atoms with E-state index in [9.17, 15) is 18.0 Å². The zero-order chi connectivity index (χ0) is 16.2. The minimum Gasteiger partial charge on any atom is -0.377 e. The lowest BCUT2D eigenvalue weighted by molar-refractivity contribution is -0.141. The van der Waals surface area contributed by atoms with E-state index in [1.807, 2.05) is 6.92 Å². The fourth-order valence-corrected chi connectivity index (χ4v) is 2.21. The van der Waals surface area contributed by atoms with Gasteiger partial charge in [0.05, 0.1) is 6.10 Å². The number of amides is 2. The molecular weight excluding hydrogens is 299 g/mol. The molecule has 8 heteroatoms. The number of hydrogen-bond donors (Lipinski definition) is 1. The second-order valence-electron chi connectivity index (χ2n) is 5.19. The largest absolute Gasteiger partial charge is 0.433 e. The summed E-state index contributed by atoms with van der Waals surface area (Å²) in [5, 5.41) is 2.63. The van der Waals surface area contributed by atoms with Crippen molar-refractivity contribution < 1.29 is 22.7 Å². The van der Waals surface area contributed by atoms with Crippen molar-refractivity contribution in [3.05, 3.63) is 29.6 Å². The monoisotopic (exact) mass is 317 g/mol. The van der Waals surface area contributed by atoms with Gasteiger partial charge in [-0.25, -0.2) is 4.79 Å². The number of nitrogens with zero attached hydrogens (tertiary/aromatic N) is 2. The number of carbonyl (C=O) groups is 1. The first-order chi connectivity index (χ1) is 10.4. The van der Waals surface area contributed by atoms with Gasteiger partial charge in [-0.3, -0.25) is 4.98 Å². The number of aromatic nitrogens is 1. The van der Waals surface area contributed by atoms with Crippen LogP contribution < -0.4 is 5.32 Å². The number of pyridine rings is 1. The molecule has 0 aliphatic carbocycles. The molecule has 2 amide bonds. The minimum atomic E-state index is -4.49. The molecule has 1 aliphatic rings. The van der Waals surface area contributed by atoms with E-state index < -0.39 is 11.9 Å². The molecule has 1 aliphatic heterocycles. The van der Waals surface area contributed by atoms with Crippen LogP contribution in [0.2, 0.25) is 0 Å². The molecule has 122 valence electrons. The molecule has 0 aromatic carbocycles. The molecule has 22 heavy (non-hydrogen) atoms. The molecular formula is C14H18F3N3O2. The average molecular weight is 317 g/mol. The van der Waals surface area contributed by atoms with E-state index in [2.05, 4.69) is 10.3 Å². The number of urea groups is 1. The molecule has 0 saturated carbocycles. The van der Waals surface area contributed by atoms with E-state index in [0.29, 0.717) is 25.3 Å². The Bertz CT molecular complexity index is 522. The number of alkyl halides is 3. The van der Waals surface area contributed by atoms with Gasteiger partial charge in [-0.2, -0.15) is 13.2 Å². The van der Waals surface area contributed by atoms with Crippen molar-refractivity contribution in [2.45, 2.75) is 32.2 Å². The van der Waals surface area contributed by atoms with E-state index in [4.69, 9.17) is 4.74 Å². The van der Waals surface area contributed by atoms with Gasteiger partial charge < -0.3 is 15.0 Å². The summed E-state index contributed by atoms with van der Waals surface area (Å²) in [6.45, 7) is 3.54. The Kier molecular flexibility index (Phi) is 5.23. The summed E-state index contributed by atoms with van der Waals surface area (Å²) >= 11 is 0. The molecule has 1 aromatic rings. The Morgan fingerprint density at radius 1 is 1.55 bits per heavy atom. The van der Waals surface area contributed by atoms with Gasteiger partial charge in [0.2, 0.25) is 0 Å². The number of nitrogens with one attached hydrogen (secondary N) is 1. The summed E-state index contributed by atoms with van der Waals surface area (Å²) < 4.78 is 43.2. The van der Waals surface area contributed by atoms with Crippen molar-refractivity contribution in [1.82, 2.24) is 15.2 Å². The highest BCUT2D eigenvalue weighted by Crippen LogP contribution is 2.27. The average Bonchev–Trinajstić information content (AvgIpc) is 2.69. The fourth-order valence-electron chi connectivity index (χ4n) is 2.21. The van der Waals surface area contributed by atoms with Crippen molar-refractivity contribution in [1.29, 1.82) is 0 Å². The zero-order valence-corrected chi connectivity index (χ0v) is 12.2. The summed E-state index contributed by atoms with van der Waals surface area (Å²) in [4.78, 5) is 17.0. The number of hydrogen-bond acceptors (Lipinski definition) is 3. The Morgan fingerprint density at radius 3 is 3.05 bits per heavy atom. The first-order valence-electron chi connectivity index (χ1n) is 7.03. The summed E-state index contributed by atoms with van der Waals surface area (Å²) in [6.07, 6.45) is -2.71. The van der Waals surface area contributed by atoms with Crippen LogP contribution in [0.4, 0.5) is 18.0 Å². The molecule has 1 fully saturated rings. The quantitative estimate of drug-likeness (QED) is 0.911. The number of ether oxygens (including phenoxy) is 1. The second kappa shape index (κ2) is 6.95. The van der Waals surface area contributed by atoms with E-state index in [1.54, 1.807) is 4.90 Å². The van der Waals surface area contributed by atoms with E-state index >= 15 is 0 Å². The lowest BCUT2D eigenvalue weighted by atomic mass is 10.2. The highest BCUT2D eigenvalue weighted by Gasteiger charge is 2.32. The van der Waals surface area contributed by atoms with Crippen molar-refractivity contribution in [2.24, 2.45) is 0 Å². The summed E-state index contributed by atoms with van der Waals surface area (Å²) in [5.41, 5.74) is -0.606. The molecule has 1 atom stereocenters. The van der Waals surface area contributed by atoms with Crippen LogP contribution in [-0.4, -0.2) is 41.7 Å². The fraction of sp³-hybridized carbons (Fsp3) is 0.571. The van der Waals surface area contributed by atoms with E-state index in [0.717, 1.165) is 18.7 Å². The molecule has 1 N–H and O–H groups in total. The Balaban J connectivity index is 1.93. The van der Waals surface area contributed by atoms with Crippen LogP contribution in [-0.2, 0) is 17.5 Å². The Hall–Kier alpha value is -1.83. The summed E-state index contributed by atoms with van der Waals surface area (Å²) in [5.74, 6) is 0. The maximum atomic E-state index is 12.6. The van der Waals surface area contributed by atoms with Gasteiger partial charge in [0.25, 0.3) is 0 Å². The lowest BCUT2D eigenvalue weighted by Gasteiger charge is -2.22. The van der Waals surface area contributed by atoms with Gasteiger partial charge in [-0.15, -0.1) is 0 Å². The maximum Gasteiger partial charge on any atom is 0.433 e. The predicted molar refractivity (Wildman–Crippen MR) is 73.1 cm³/mol. The van der Waals surface area contributed by atoms with Gasteiger partial charge in [-0.1, -0.05) is 0 Å². The van der Waals surface area contributed by atoms with Gasteiger partial charge >= 0.3 is 12.2 Å². The highest BCUT2D eigenvalue weighted by molar-refractivity contribution is 5.74. The summed E-state index contributed by atoms with van der Waals surface area (Å²) in [7, 11) is 0. The Morgan fingerprint density at radius 2 is 2.32 bits per heavy atom. The molecule has 0 radical (unpaired) electrons. The van der Waals surface area contributed by atoms with Crippen LogP contribution in [0, 0.1) is 0 Å². The number of carbonyl (C=O) groups excluding carboxylic acids is 1. The van der Waals surface area contributed by atoms with Crippen LogP contribution in [0.5, 0.6) is 0 Å².